The Morgan fingerprint density at radius 2 is 2.00 bits per heavy atom. The molecule has 0 N–H and O–H groups in total. The van der Waals surface area contributed by atoms with Crippen molar-refractivity contribution in [2.75, 3.05) is 7.11 Å². The van der Waals surface area contributed by atoms with Crippen LogP contribution < -0.4 is 0 Å². The molecule has 0 saturated heterocycles. The number of fused-ring (bicyclic) bond motifs is 1. The third-order valence-electron chi connectivity index (χ3n) is 3.05. The third-order valence-corrected chi connectivity index (χ3v) is 3.28. The average molecular weight is 287 g/mol. The minimum absolute atomic E-state index is 0.369. The summed E-state index contributed by atoms with van der Waals surface area (Å²) < 4.78 is 10.5. The molecule has 1 aromatic heterocycles. The summed E-state index contributed by atoms with van der Waals surface area (Å²) in [5.41, 5.74) is 2.07. The standard InChI is InChI=1S/C16H11ClO3/c1-19-16(18)11-4-2-3-10(7-11)15-9-12-8-13(17)5-6-14(12)20-15/h2-9H,1H3. The Morgan fingerprint density at radius 1 is 1.15 bits per heavy atom. The second-order valence-corrected chi connectivity index (χ2v) is 4.80. The van der Waals surface area contributed by atoms with E-state index in [4.69, 9.17) is 20.8 Å². The summed E-state index contributed by atoms with van der Waals surface area (Å²) in [5, 5.41) is 1.59. The lowest BCUT2D eigenvalue weighted by Gasteiger charge is -2.01. The maximum Gasteiger partial charge on any atom is 0.337 e. The molecule has 0 aliphatic carbocycles. The molecule has 0 spiro atoms. The SMILES string of the molecule is COC(=O)c1cccc(-c2cc3cc(Cl)ccc3o2)c1. The molecule has 100 valence electrons. The predicted octanol–water partition coefficient (Wildman–Crippen LogP) is 4.54. The van der Waals surface area contributed by atoms with Crippen LogP contribution in [0.4, 0.5) is 0 Å². The van der Waals surface area contributed by atoms with E-state index >= 15 is 0 Å². The first kappa shape index (κ1) is 12.8. The van der Waals surface area contributed by atoms with E-state index in [0.29, 0.717) is 16.3 Å². The van der Waals surface area contributed by atoms with Crippen molar-refractivity contribution in [2.45, 2.75) is 0 Å². The quantitative estimate of drug-likeness (QED) is 0.649. The van der Waals surface area contributed by atoms with Crippen molar-refractivity contribution in [3.8, 4) is 11.3 Å². The smallest absolute Gasteiger partial charge is 0.337 e. The number of hydrogen-bond donors (Lipinski definition) is 0. The van der Waals surface area contributed by atoms with Crippen LogP contribution in [0.15, 0.2) is 52.9 Å². The summed E-state index contributed by atoms with van der Waals surface area (Å²) in [7, 11) is 1.36. The van der Waals surface area contributed by atoms with E-state index in [2.05, 4.69) is 0 Å². The van der Waals surface area contributed by atoms with Crippen LogP contribution in [0.2, 0.25) is 5.02 Å². The second kappa shape index (κ2) is 5.02. The van der Waals surface area contributed by atoms with Gasteiger partial charge in [0.25, 0.3) is 0 Å². The van der Waals surface area contributed by atoms with Gasteiger partial charge in [0.1, 0.15) is 11.3 Å². The molecule has 0 radical (unpaired) electrons. The number of rotatable bonds is 2. The number of furan rings is 1. The maximum atomic E-state index is 11.5. The number of halogens is 1. The Morgan fingerprint density at radius 3 is 2.80 bits per heavy atom. The molecule has 0 atom stereocenters. The van der Waals surface area contributed by atoms with Crippen LogP contribution >= 0.6 is 11.6 Å². The highest BCUT2D eigenvalue weighted by molar-refractivity contribution is 6.31. The van der Waals surface area contributed by atoms with Gasteiger partial charge in [0.15, 0.2) is 0 Å². The molecule has 0 aliphatic heterocycles. The third kappa shape index (κ3) is 2.28. The van der Waals surface area contributed by atoms with Crippen molar-refractivity contribution in [2.24, 2.45) is 0 Å². The van der Waals surface area contributed by atoms with Gasteiger partial charge in [-0.15, -0.1) is 0 Å². The van der Waals surface area contributed by atoms with Gasteiger partial charge in [0, 0.05) is 16.0 Å². The van der Waals surface area contributed by atoms with E-state index in [1.54, 1.807) is 24.3 Å². The number of benzene rings is 2. The molecule has 0 bridgehead atoms. The first-order valence-corrected chi connectivity index (χ1v) is 6.43. The molecule has 0 aliphatic rings. The minimum atomic E-state index is -0.369. The van der Waals surface area contributed by atoms with Crippen molar-refractivity contribution in [1.82, 2.24) is 0 Å². The molecule has 0 fully saturated rings. The minimum Gasteiger partial charge on any atom is -0.465 e. The number of methoxy groups -OCH3 is 1. The van der Waals surface area contributed by atoms with Gasteiger partial charge in [-0.25, -0.2) is 4.79 Å². The molecule has 20 heavy (non-hydrogen) atoms. The predicted molar refractivity (Wildman–Crippen MR) is 78.0 cm³/mol. The summed E-state index contributed by atoms with van der Waals surface area (Å²) in [6.45, 7) is 0. The Labute approximate surface area is 120 Å². The fraction of sp³-hybridized carbons (Fsp3) is 0.0625. The van der Waals surface area contributed by atoms with Gasteiger partial charge in [-0.3, -0.25) is 0 Å². The van der Waals surface area contributed by atoms with E-state index in [1.165, 1.54) is 7.11 Å². The topological polar surface area (TPSA) is 39.4 Å². The molecule has 2 aromatic carbocycles. The van der Waals surface area contributed by atoms with E-state index in [9.17, 15) is 4.79 Å². The van der Waals surface area contributed by atoms with Gasteiger partial charge < -0.3 is 9.15 Å². The van der Waals surface area contributed by atoms with Crippen LogP contribution in [0, 0.1) is 0 Å². The molecule has 0 saturated carbocycles. The maximum absolute atomic E-state index is 11.5. The number of esters is 1. The Balaban J connectivity index is 2.08. The molecular weight excluding hydrogens is 276 g/mol. The first-order valence-electron chi connectivity index (χ1n) is 6.05. The van der Waals surface area contributed by atoms with E-state index in [0.717, 1.165) is 16.5 Å². The van der Waals surface area contributed by atoms with Crippen LogP contribution in [0.5, 0.6) is 0 Å². The summed E-state index contributed by atoms with van der Waals surface area (Å²) >= 11 is 5.96. The highest BCUT2D eigenvalue weighted by atomic mass is 35.5. The van der Waals surface area contributed by atoms with Gasteiger partial charge in [-0.2, -0.15) is 0 Å². The Kier molecular flexibility index (Phi) is 3.20. The van der Waals surface area contributed by atoms with Crippen molar-refractivity contribution >= 4 is 28.5 Å². The molecule has 3 nitrogen and oxygen atoms in total. The van der Waals surface area contributed by atoms with Crippen LogP contribution in [0.25, 0.3) is 22.3 Å². The summed E-state index contributed by atoms with van der Waals surface area (Å²) in [4.78, 5) is 11.5. The van der Waals surface area contributed by atoms with Crippen molar-refractivity contribution in [3.63, 3.8) is 0 Å². The van der Waals surface area contributed by atoms with Crippen molar-refractivity contribution < 1.29 is 13.9 Å². The van der Waals surface area contributed by atoms with Crippen LogP contribution in [0.1, 0.15) is 10.4 Å². The highest BCUT2D eigenvalue weighted by Crippen LogP contribution is 2.30. The van der Waals surface area contributed by atoms with Crippen LogP contribution in [-0.2, 0) is 4.74 Å². The molecule has 0 amide bonds. The molecule has 3 rings (SSSR count). The highest BCUT2D eigenvalue weighted by Gasteiger charge is 2.10. The lowest BCUT2D eigenvalue weighted by molar-refractivity contribution is 0.0601. The number of hydrogen-bond acceptors (Lipinski definition) is 3. The molecular formula is C16H11ClO3. The number of ether oxygens (including phenoxy) is 1. The lowest BCUT2D eigenvalue weighted by Crippen LogP contribution is -2.00. The summed E-state index contributed by atoms with van der Waals surface area (Å²) in [5.74, 6) is 0.319. The number of carbonyl (C=O) groups excluding carboxylic acids is 1. The zero-order valence-electron chi connectivity index (χ0n) is 10.7. The molecule has 1 heterocycles. The van der Waals surface area contributed by atoms with E-state index in [1.807, 2.05) is 24.3 Å². The molecule has 4 heteroatoms. The second-order valence-electron chi connectivity index (χ2n) is 4.37. The van der Waals surface area contributed by atoms with Gasteiger partial charge in [-0.05, 0) is 36.4 Å². The van der Waals surface area contributed by atoms with Crippen molar-refractivity contribution in [1.29, 1.82) is 0 Å². The lowest BCUT2D eigenvalue weighted by atomic mass is 10.1. The van der Waals surface area contributed by atoms with Crippen LogP contribution in [0.3, 0.4) is 0 Å². The van der Waals surface area contributed by atoms with Gasteiger partial charge in [-0.1, -0.05) is 23.7 Å². The van der Waals surface area contributed by atoms with Gasteiger partial charge in [0.2, 0.25) is 0 Å². The van der Waals surface area contributed by atoms with E-state index < -0.39 is 0 Å². The number of carbonyl (C=O) groups is 1. The Bertz CT molecular complexity index is 789. The first-order chi connectivity index (χ1) is 9.67. The zero-order chi connectivity index (χ0) is 14.1. The fourth-order valence-electron chi connectivity index (χ4n) is 2.07. The zero-order valence-corrected chi connectivity index (χ0v) is 11.5. The van der Waals surface area contributed by atoms with Gasteiger partial charge in [0.05, 0.1) is 12.7 Å². The monoisotopic (exact) mass is 286 g/mol. The molecule has 0 unspecified atom stereocenters. The fourth-order valence-corrected chi connectivity index (χ4v) is 2.25. The van der Waals surface area contributed by atoms with Crippen molar-refractivity contribution in [3.05, 3.63) is 59.1 Å². The normalized spacial score (nSPS) is 10.7. The summed E-state index contributed by atoms with van der Waals surface area (Å²) in [6, 6.07) is 14.5. The average Bonchev–Trinajstić information content (AvgIpc) is 2.89. The van der Waals surface area contributed by atoms with E-state index in [-0.39, 0.29) is 5.97 Å². The Hall–Kier alpha value is -2.26. The van der Waals surface area contributed by atoms with Crippen LogP contribution in [-0.4, -0.2) is 13.1 Å². The summed E-state index contributed by atoms with van der Waals surface area (Å²) in [6.07, 6.45) is 0. The molecule has 3 aromatic rings. The largest absolute Gasteiger partial charge is 0.465 e. The van der Waals surface area contributed by atoms with Gasteiger partial charge >= 0.3 is 5.97 Å².